The minimum Gasteiger partial charge on any atom is -0.358 e. The molecule has 0 aliphatic carbocycles. The summed E-state index contributed by atoms with van der Waals surface area (Å²) in [5.41, 5.74) is 0.507. The summed E-state index contributed by atoms with van der Waals surface area (Å²) in [6.07, 6.45) is 0. The van der Waals surface area contributed by atoms with Crippen LogP contribution in [0.1, 0.15) is 5.56 Å². The minimum atomic E-state index is -3.46. The zero-order valence-electron chi connectivity index (χ0n) is 8.73. The lowest BCUT2D eigenvalue weighted by molar-refractivity contribution is -0.118. The molecule has 1 amide bonds. The van der Waals surface area contributed by atoms with Gasteiger partial charge < -0.3 is 5.32 Å². The average molecular weight is 262 g/mol. The summed E-state index contributed by atoms with van der Waals surface area (Å²) in [7, 11) is -2.07. The Hall–Kier alpha value is -1.07. The highest BCUT2D eigenvalue weighted by Gasteiger charge is 2.17. The highest BCUT2D eigenvalue weighted by atomic mass is 35.5. The standard InChI is InChI=1S/C10H12ClNO3S/c1-12-10(13)7-16(14,15)6-8-4-2-3-5-9(8)11/h2-5H,6-7H2,1H3,(H,12,13). The first-order chi connectivity index (χ1) is 7.44. The molecule has 88 valence electrons. The van der Waals surface area contributed by atoms with Gasteiger partial charge in [0.2, 0.25) is 5.91 Å². The number of nitrogens with one attached hydrogen (secondary N) is 1. The second kappa shape index (κ2) is 5.32. The molecule has 0 atom stereocenters. The summed E-state index contributed by atoms with van der Waals surface area (Å²) in [5.74, 6) is -1.26. The average Bonchev–Trinajstić information content (AvgIpc) is 2.20. The van der Waals surface area contributed by atoms with Crippen molar-refractivity contribution in [3.05, 3.63) is 34.9 Å². The Balaban J connectivity index is 2.81. The third-order valence-electron chi connectivity index (χ3n) is 1.96. The summed E-state index contributed by atoms with van der Waals surface area (Å²) >= 11 is 5.84. The Kier molecular flexibility index (Phi) is 4.32. The maximum Gasteiger partial charge on any atom is 0.234 e. The topological polar surface area (TPSA) is 63.2 Å². The normalized spacial score (nSPS) is 11.1. The predicted octanol–water partition coefficient (Wildman–Crippen LogP) is 1.00. The number of halogens is 1. The van der Waals surface area contributed by atoms with Gasteiger partial charge in [-0.25, -0.2) is 8.42 Å². The van der Waals surface area contributed by atoms with Crippen LogP contribution in [0.2, 0.25) is 5.02 Å². The van der Waals surface area contributed by atoms with Gasteiger partial charge in [-0.15, -0.1) is 0 Å². The van der Waals surface area contributed by atoms with Crippen molar-refractivity contribution in [1.82, 2.24) is 5.32 Å². The second-order valence-corrected chi connectivity index (χ2v) is 5.77. The van der Waals surface area contributed by atoms with Gasteiger partial charge in [-0.2, -0.15) is 0 Å². The van der Waals surface area contributed by atoms with E-state index in [1.807, 2.05) is 0 Å². The van der Waals surface area contributed by atoms with Crippen LogP contribution in [0.15, 0.2) is 24.3 Å². The zero-order valence-corrected chi connectivity index (χ0v) is 10.3. The Morgan fingerprint density at radius 1 is 1.38 bits per heavy atom. The molecule has 1 aromatic carbocycles. The van der Waals surface area contributed by atoms with Crippen molar-refractivity contribution >= 4 is 27.3 Å². The number of hydrogen-bond donors (Lipinski definition) is 1. The highest BCUT2D eigenvalue weighted by Crippen LogP contribution is 2.17. The molecule has 0 fully saturated rings. The Morgan fingerprint density at radius 3 is 2.56 bits per heavy atom. The molecule has 1 rings (SSSR count). The summed E-state index contributed by atoms with van der Waals surface area (Å²) in [6, 6.07) is 6.67. The lowest BCUT2D eigenvalue weighted by Crippen LogP contribution is -2.27. The number of carbonyl (C=O) groups is 1. The summed E-state index contributed by atoms with van der Waals surface area (Å²) in [6.45, 7) is 0. The van der Waals surface area contributed by atoms with E-state index in [2.05, 4.69) is 5.32 Å². The second-order valence-electron chi connectivity index (χ2n) is 3.30. The fraction of sp³-hybridized carbons (Fsp3) is 0.300. The Bertz CT molecular complexity index is 485. The fourth-order valence-corrected chi connectivity index (χ4v) is 2.83. The molecule has 0 heterocycles. The summed E-state index contributed by atoms with van der Waals surface area (Å²) in [4.78, 5) is 11.0. The van der Waals surface area contributed by atoms with E-state index in [0.717, 1.165) is 0 Å². The number of hydrogen-bond acceptors (Lipinski definition) is 3. The smallest absolute Gasteiger partial charge is 0.234 e. The van der Waals surface area contributed by atoms with Gasteiger partial charge in [0.1, 0.15) is 5.75 Å². The van der Waals surface area contributed by atoms with Crippen LogP contribution in [-0.4, -0.2) is 27.1 Å². The third-order valence-corrected chi connectivity index (χ3v) is 3.78. The molecule has 0 aliphatic heterocycles. The summed E-state index contributed by atoms with van der Waals surface area (Å²) in [5, 5.41) is 2.66. The molecular formula is C10H12ClNO3S. The first kappa shape index (κ1) is 13.0. The van der Waals surface area contributed by atoms with Gasteiger partial charge in [0.25, 0.3) is 0 Å². The first-order valence-corrected chi connectivity index (χ1v) is 6.79. The lowest BCUT2D eigenvalue weighted by Gasteiger charge is -2.05. The van der Waals surface area contributed by atoms with Gasteiger partial charge in [-0.3, -0.25) is 4.79 Å². The van der Waals surface area contributed by atoms with E-state index < -0.39 is 21.5 Å². The molecule has 1 aromatic rings. The maximum atomic E-state index is 11.6. The van der Waals surface area contributed by atoms with E-state index in [9.17, 15) is 13.2 Å². The molecule has 6 heteroatoms. The van der Waals surface area contributed by atoms with Gasteiger partial charge in [-0.05, 0) is 11.6 Å². The van der Waals surface area contributed by atoms with Crippen molar-refractivity contribution in [2.75, 3.05) is 12.8 Å². The van der Waals surface area contributed by atoms with Crippen LogP contribution in [0, 0.1) is 0 Å². The van der Waals surface area contributed by atoms with Crippen molar-refractivity contribution in [1.29, 1.82) is 0 Å². The summed E-state index contributed by atoms with van der Waals surface area (Å²) < 4.78 is 23.2. The van der Waals surface area contributed by atoms with Gasteiger partial charge in [0, 0.05) is 12.1 Å². The molecule has 0 saturated carbocycles. The minimum absolute atomic E-state index is 0.222. The molecule has 0 spiro atoms. The molecular weight excluding hydrogens is 250 g/mol. The van der Waals surface area contributed by atoms with Crippen molar-refractivity contribution in [3.8, 4) is 0 Å². The molecule has 4 nitrogen and oxygen atoms in total. The molecule has 0 aliphatic rings. The van der Waals surface area contributed by atoms with Crippen LogP contribution >= 0.6 is 11.6 Å². The van der Waals surface area contributed by atoms with Crippen LogP contribution in [0.5, 0.6) is 0 Å². The van der Waals surface area contributed by atoms with E-state index in [1.165, 1.54) is 7.05 Å². The van der Waals surface area contributed by atoms with Gasteiger partial charge in [-0.1, -0.05) is 29.8 Å². The van der Waals surface area contributed by atoms with Crippen molar-refractivity contribution in [2.24, 2.45) is 0 Å². The third kappa shape index (κ3) is 3.83. The van der Waals surface area contributed by atoms with Crippen molar-refractivity contribution in [2.45, 2.75) is 5.75 Å². The SMILES string of the molecule is CNC(=O)CS(=O)(=O)Cc1ccccc1Cl. The van der Waals surface area contributed by atoms with Gasteiger partial charge >= 0.3 is 0 Å². The molecule has 0 saturated heterocycles. The van der Waals surface area contributed by atoms with E-state index in [1.54, 1.807) is 24.3 Å². The molecule has 16 heavy (non-hydrogen) atoms. The van der Waals surface area contributed by atoms with E-state index in [4.69, 9.17) is 11.6 Å². The van der Waals surface area contributed by atoms with Crippen LogP contribution < -0.4 is 5.32 Å². The van der Waals surface area contributed by atoms with Crippen LogP contribution in [0.25, 0.3) is 0 Å². The van der Waals surface area contributed by atoms with Crippen molar-refractivity contribution in [3.63, 3.8) is 0 Å². The number of rotatable bonds is 4. The van der Waals surface area contributed by atoms with E-state index >= 15 is 0 Å². The lowest BCUT2D eigenvalue weighted by atomic mass is 10.2. The molecule has 0 unspecified atom stereocenters. The molecule has 0 bridgehead atoms. The first-order valence-electron chi connectivity index (χ1n) is 4.59. The molecule has 1 N–H and O–H groups in total. The van der Waals surface area contributed by atoms with Gasteiger partial charge in [0.05, 0.1) is 5.75 Å². The zero-order chi connectivity index (χ0) is 12.2. The number of carbonyl (C=O) groups excluding carboxylic acids is 1. The van der Waals surface area contributed by atoms with Crippen LogP contribution in [0.4, 0.5) is 0 Å². The molecule has 0 radical (unpaired) electrons. The highest BCUT2D eigenvalue weighted by molar-refractivity contribution is 7.91. The van der Waals surface area contributed by atoms with E-state index in [0.29, 0.717) is 10.6 Å². The van der Waals surface area contributed by atoms with Gasteiger partial charge in [0.15, 0.2) is 9.84 Å². The van der Waals surface area contributed by atoms with Crippen LogP contribution in [0.3, 0.4) is 0 Å². The Morgan fingerprint density at radius 2 is 2.00 bits per heavy atom. The Labute approximate surface area is 99.5 Å². The number of sulfone groups is 1. The maximum absolute atomic E-state index is 11.6. The predicted molar refractivity (Wildman–Crippen MR) is 63.0 cm³/mol. The quantitative estimate of drug-likeness (QED) is 0.880. The van der Waals surface area contributed by atoms with Crippen molar-refractivity contribution < 1.29 is 13.2 Å². The largest absolute Gasteiger partial charge is 0.358 e. The van der Waals surface area contributed by atoms with E-state index in [-0.39, 0.29) is 5.75 Å². The monoisotopic (exact) mass is 261 g/mol. The fourth-order valence-electron chi connectivity index (χ4n) is 1.18. The molecule has 0 aromatic heterocycles. The number of amides is 1. The number of benzene rings is 1. The van der Waals surface area contributed by atoms with Crippen LogP contribution in [-0.2, 0) is 20.4 Å².